The van der Waals surface area contributed by atoms with Gasteiger partial charge in [0.25, 0.3) is 0 Å². The molecule has 2 aromatic carbocycles. The van der Waals surface area contributed by atoms with E-state index in [1.807, 2.05) is 42.5 Å². The molecular weight excluding hydrogens is 338 g/mol. The van der Waals surface area contributed by atoms with Gasteiger partial charge in [0, 0.05) is 18.5 Å². The average Bonchev–Trinajstić information content (AvgIpc) is 2.65. The van der Waals surface area contributed by atoms with E-state index in [0.29, 0.717) is 37.0 Å². The Kier molecular flexibility index (Phi) is 5.63. The zero-order valence-corrected chi connectivity index (χ0v) is 14.8. The van der Waals surface area contributed by atoms with Crippen LogP contribution in [0.5, 0.6) is 11.5 Å². The fourth-order valence-corrected chi connectivity index (χ4v) is 3.31. The van der Waals surface area contributed by atoms with Crippen LogP contribution in [0.25, 0.3) is 0 Å². The Labute approximate surface area is 153 Å². The highest BCUT2D eigenvalue weighted by molar-refractivity contribution is 6.32. The number of para-hydroxylation sites is 1. The van der Waals surface area contributed by atoms with Crippen LogP contribution in [0.2, 0.25) is 5.02 Å². The second-order valence-corrected chi connectivity index (χ2v) is 6.46. The van der Waals surface area contributed by atoms with Gasteiger partial charge in [-0.15, -0.1) is 0 Å². The molecule has 1 aliphatic heterocycles. The summed E-state index contributed by atoms with van der Waals surface area (Å²) in [5.41, 5.74) is 1.49. The zero-order chi connectivity index (χ0) is 17.7. The average molecular weight is 360 g/mol. The Bertz CT molecular complexity index is 749. The number of hydrogen-bond acceptors (Lipinski definition) is 4. The number of nitrogens with one attached hydrogen (secondary N) is 1. The van der Waals surface area contributed by atoms with Crippen LogP contribution in [0.1, 0.15) is 17.5 Å². The SMILES string of the molecule is C=CCOc1ccc(CNC2(CO)CCOc3ccccc32)cc1Cl. The van der Waals surface area contributed by atoms with E-state index in [1.54, 1.807) is 6.08 Å². The van der Waals surface area contributed by atoms with Crippen molar-refractivity contribution < 1.29 is 14.6 Å². The number of halogens is 1. The van der Waals surface area contributed by atoms with Crippen molar-refractivity contribution in [3.05, 3.63) is 71.3 Å². The standard InChI is InChI=1S/C20H22ClNO3/c1-2-10-24-19-8-7-15(12-17(19)21)13-22-20(14-23)9-11-25-18-6-4-3-5-16(18)20/h2-8,12,22-23H,1,9-11,13-14H2. The van der Waals surface area contributed by atoms with Crippen molar-refractivity contribution in [2.24, 2.45) is 0 Å². The topological polar surface area (TPSA) is 50.7 Å². The summed E-state index contributed by atoms with van der Waals surface area (Å²) in [6.45, 7) is 5.20. The summed E-state index contributed by atoms with van der Waals surface area (Å²) in [7, 11) is 0. The number of benzene rings is 2. The van der Waals surface area contributed by atoms with E-state index in [1.165, 1.54) is 0 Å². The van der Waals surface area contributed by atoms with Crippen molar-refractivity contribution in [3.8, 4) is 11.5 Å². The molecule has 0 spiro atoms. The Morgan fingerprint density at radius 2 is 2.16 bits per heavy atom. The molecule has 0 fully saturated rings. The zero-order valence-electron chi connectivity index (χ0n) is 14.0. The monoisotopic (exact) mass is 359 g/mol. The minimum Gasteiger partial charge on any atom is -0.493 e. The number of fused-ring (bicyclic) bond motifs is 1. The molecule has 0 aliphatic carbocycles. The van der Waals surface area contributed by atoms with Crippen molar-refractivity contribution in [2.45, 2.75) is 18.5 Å². The van der Waals surface area contributed by atoms with E-state index >= 15 is 0 Å². The summed E-state index contributed by atoms with van der Waals surface area (Å²) < 4.78 is 11.2. The third kappa shape index (κ3) is 3.82. The van der Waals surface area contributed by atoms with Gasteiger partial charge in [-0.2, -0.15) is 0 Å². The molecule has 5 heteroatoms. The molecule has 0 amide bonds. The molecule has 2 N–H and O–H groups in total. The smallest absolute Gasteiger partial charge is 0.138 e. The summed E-state index contributed by atoms with van der Waals surface area (Å²) in [4.78, 5) is 0. The van der Waals surface area contributed by atoms with E-state index in [2.05, 4.69) is 11.9 Å². The van der Waals surface area contributed by atoms with Gasteiger partial charge in [-0.1, -0.05) is 48.5 Å². The highest BCUT2D eigenvalue weighted by atomic mass is 35.5. The fraction of sp³-hybridized carbons (Fsp3) is 0.300. The molecule has 25 heavy (non-hydrogen) atoms. The highest BCUT2D eigenvalue weighted by Crippen LogP contribution is 2.37. The van der Waals surface area contributed by atoms with Crippen molar-refractivity contribution >= 4 is 11.6 Å². The van der Waals surface area contributed by atoms with E-state index in [4.69, 9.17) is 21.1 Å². The number of rotatable bonds is 7. The second-order valence-electron chi connectivity index (χ2n) is 6.05. The van der Waals surface area contributed by atoms with Crippen molar-refractivity contribution in [1.82, 2.24) is 5.32 Å². The van der Waals surface area contributed by atoms with Gasteiger partial charge in [0.15, 0.2) is 0 Å². The van der Waals surface area contributed by atoms with Gasteiger partial charge in [-0.25, -0.2) is 0 Å². The Morgan fingerprint density at radius 1 is 1.32 bits per heavy atom. The van der Waals surface area contributed by atoms with Gasteiger partial charge < -0.3 is 19.9 Å². The summed E-state index contributed by atoms with van der Waals surface area (Å²) >= 11 is 6.28. The molecule has 2 aromatic rings. The van der Waals surface area contributed by atoms with Gasteiger partial charge in [-0.3, -0.25) is 0 Å². The first kappa shape index (κ1) is 17.8. The van der Waals surface area contributed by atoms with E-state index in [0.717, 1.165) is 16.9 Å². The lowest BCUT2D eigenvalue weighted by Crippen LogP contribution is -2.48. The normalized spacial score (nSPS) is 19.0. The minimum atomic E-state index is -0.515. The van der Waals surface area contributed by atoms with Crippen LogP contribution < -0.4 is 14.8 Å². The quantitative estimate of drug-likeness (QED) is 0.741. The first-order valence-corrected chi connectivity index (χ1v) is 8.66. The number of hydrogen-bond donors (Lipinski definition) is 2. The molecule has 3 rings (SSSR count). The van der Waals surface area contributed by atoms with Crippen LogP contribution in [0, 0.1) is 0 Å². The van der Waals surface area contributed by atoms with E-state index in [-0.39, 0.29) is 6.61 Å². The van der Waals surface area contributed by atoms with Crippen LogP contribution in [-0.2, 0) is 12.1 Å². The first-order chi connectivity index (χ1) is 12.2. The van der Waals surface area contributed by atoms with Gasteiger partial charge >= 0.3 is 0 Å². The molecule has 0 aromatic heterocycles. The largest absolute Gasteiger partial charge is 0.493 e. The number of aliphatic hydroxyl groups is 1. The number of aliphatic hydroxyl groups excluding tert-OH is 1. The van der Waals surface area contributed by atoms with Crippen molar-refractivity contribution in [2.75, 3.05) is 19.8 Å². The summed E-state index contributed by atoms with van der Waals surface area (Å²) in [5.74, 6) is 1.46. The van der Waals surface area contributed by atoms with Gasteiger partial charge in [-0.05, 0) is 23.8 Å². The lowest BCUT2D eigenvalue weighted by molar-refractivity contribution is 0.106. The molecule has 0 saturated carbocycles. The summed E-state index contributed by atoms with van der Waals surface area (Å²) in [6, 6.07) is 13.5. The third-order valence-corrected chi connectivity index (χ3v) is 4.74. The summed E-state index contributed by atoms with van der Waals surface area (Å²) in [6.07, 6.45) is 2.38. The van der Waals surface area contributed by atoms with Crippen molar-refractivity contribution in [3.63, 3.8) is 0 Å². The molecule has 0 saturated heterocycles. The lowest BCUT2D eigenvalue weighted by atomic mass is 9.85. The van der Waals surface area contributed by atoms with Crippen LogP contribution in [0.4, 0.5) is 0 Å². The van der Waals surface area contributed by atoms with E-state index in [9.17, 15) is 5.11 Å². The van der Waals surface area contributed by atoms with E-state index < -0.39 is 5.54 Å². The van der Waals surface area contributed by atoms with Gasteiger partial charge in [0.1, 0.15) is 18.1 Å². The number of ether oxygens (including phenoxy) is 2. The molecule has 132 valence electrons. The molecule has 1 heterocycles. The second kappa shape index (κ2) is 7.91. The van der Waals surface area contributed by atoms with Crippen LogP contribution in [0.15, 0.2) is 55.1 Å². The molecule has 1 aliphatic rings. The predicted octanol–water partition coefficient (Wildman–Crippen LogP) is 3.66. The molecular formula is C20H22ClNO3. The maximum atomic E-state index is 10.1. The third-order valence-electron chi connectivity index (χ3n) is 4.44. The molecule has 1 atom stereocenters. The molecule has 0 bridgehead atoms. The summed E-state index contributed by atoms with van der Waals surface area (Å²) in [5, 5.41) is 14.2. The minimum absolute atomic E-state index is 0.00162. The highest BCUT2D eigenvalue weighted by Gasteiger charge is 2.36. The lowest BCUT2D eigenvalue weighted by Gasteiger charge is -2.38. The van der Waals surface area contributed by atoms with Gasteiger partial charge in [0.05, 0.1) is 23.8 Å². The molecule has 1 unspecified atom stereocenters. The first-order valence-electron chi connectivity index (χ1n) is 8.29. The van der Waals surface area contributed by atoms with Crippen LogP contribution in [0.3, 0.4) is 0 Å². The molecule has 0 radical (unpaired) electrons. The fourth-order valence-electron chi connectivity index (χ4n) is 3.05. The Morgan fingerprint density at radius 3 is 2.92 bits per heavy atom. The Hall–Kier alpha value is -2.01. The van der Waals surface area contributed by atoms with Gasteiger partial charge in [0.2, 0.25) is 0 Å². The maximum absolute atomic E-state index is 10.1. The Balaban J connectivity index is 1.76. The predicted molar refractivity (Wildman–Crippen MR) is 99.3 cm³/mol. The van der Waals surface area contributed by atoms with Crippen molar-refractivity contribution in [1.29, 1.82) is 0 Å². The molecule has 4 nitrogen and oxygen atoms in total. The van der Waals surface area contributed by atoms with Crippen LogP contribution >= 0.6 is 11.6 Å². The maximum Gasteiger partial charge on any atom is 0.138 e. The van der Waals surface area contributed by atoms with Crippen LogP contribution in [-0.4, -0.2) is 24.9 Å².